The fraction of sp³-hybridized carbons (Fsp3) is 0.650. The number of rotatable bonds is 8. The molecule has 0 saturated carbocycles. The second-order valence-electron chi connectivity index (χ2n) is 7.72. The van der Waals surface area contributed by atoms with E-state index in [-0.39, 0.29) is 22.9 Å². The highest BCUT2D eigenvalue weighted by atomic mass is 32.2. The Morgan fingerprint density at radius 3 is 2.11 bits per heavy atom. The van der Waals surface area contributed by atoms with Crippen LogP contribution >= 0.6 is 0 Å². The number of carbonyl (C=O) groups is 1. The molecule has 0 unspecified atom stereocenters. The number of nitrogens with zero attached hydrogens (tertiary/aromatic N) is 2. The van der Waals surface area contributed by atoms with Crippen LogP contribution in [0.4, 0.5) is 0 Å². The Hall–Kier alpha value is -1.64. The SMILES string of the molecule is CCOc1ccc(S(=O)(=O)N2CC[NH+](CC(=O)N(C(C)C)C(C)C)CC2)cc1. The summed E-state index contributed by atoms with van der Waals surface area (Å²) in [5.74, 6) is 0.789. The van der Waals surface area contributed by atoms with Crippen LogP contribution in [0.25, 0.3) is 0 Å². The normalized spacial score (nSPS) is 16.5. The van der Waals surface area contributed by atoms with E-state index < -0.39 is 10.0 Å². The summed E-state index contributed by atoms with van der Waals surface area (Å²) in [6, 6.07) is 6.87. The molecule has 1 amide bonds. The molecule has 0 aromatic heterocycles. The third kappa shape index (κ3) is 5.46. The fourth-order valence-electron chi connectivity index (χ4n) is 3.72. The maximum Gasteiger partial charge on any atom is 0.278 e. The van der Waals surface area contributed by atoms with E-state index in [4.69, 9.17) is 4.74 Å². The molecular weight excluding hydrogens is 378 g/mol. The molecule has 1 fully saturated rings. The molecule has 7 nitrogen and oxygen atoms in total. The molecule has 8 heteroatoms. The fourth-order valence-corrected chi connectivity index (χ4v) is 5.16. The van der Waals surface area contributed by atoms with Crippen LogP contribution in [-0.2, 0) is 14.8 Å². The van der Waals surface area contributed by atoms with Crippen molar-refractivity contribution in [3.05, 3.63) is 24.3 Å². The summed E-state index contributed by atoms with van der Waals surface area (Å²) < 4.78 is 32.6. The Labute approximate surface area is 169 Å². The molecule has 1 N–H and O–H groups in total. The van der Waals surface area contributed by atoms with Crippen molar-refractivity contribution in [3.63, 3.8) is 0 Å². The van der Waals surface area contributed by atoms with Crippen molar-refractivity contribution < 1.29 is 22.8 Å². The van der Waals surface area contributed by atoms with Gasteiger partial charge >= 0.3 is 0 Å². The zero-order valence-corrected chi connectivity index (χ0v) is 18.5. The number of amides is 1. The molecule has 1 heterocycles. The predicted octanol–water partition coefficient (Wildman–Crippen LogP) is 0.620. The van der Waals surface area contributed by atoms with Gasteiger partial charge in [-0.2, -0.15) is 4.31 Å². The lowest BCUT2D eigenvalue weighted by Gasteiger charge is -2.35. The molecule has 1 aliphatic rings. The van der Waals surface area contributed by atoms with Crippen LogP contribution in [0, 0.1) is 0 Å². The standard InChI is InChI=1S/C20H33N3O4S/c1-6-27-18-7-9-19(10-8-18)28(25,26)22-13-11-21(12-14-22)15-20(24)23(16(2)3)17(4)5/h7-10,16-17H,6,11-15H2,1-5H3/p+1. The molecular formula is C20H34N3O4S+. The molecule has 1 aliphatic heterocycles. The van der Waals surface area contributed by atoms with Crippen LogP contribution in [0.5, 0.6) is 5.75 Å². The molecule has 2 rings (SSSR count). The van der Waals surface area contributed by atoms with E-state index in [1.165, 1.54) is 4.31 Å². The lowest BCUT2D eigenvalue weighted by atomic mass is 10.2. The molecule has 158 valence electrons. The average molecular weight is 413 g/mol. The second-order valence-corrected chi connectivity index (χ2v) is 9.66. The molecule has 0 radical (unpaired) electrons. The van der Waals surface area contributed by atoms with Gasteiger partial charge in [-0.25, -0.2) is 8.42 Å². The number of quaternary nitrogens is 1. The molecule has 1 aromatic rings. The van der Waals surface area contributed by atoms with Crippen molar-refractivity contribution in [2.24, 2.45) is 0 Å². The number of sulfonamides is 1. The van der Waals surface area contributed by atoms with Gasteiger partial charge in [0.15, 0.2) is 6.54 Å². The molecule has 0 bridgehead atoms. The summed E-state index contributed by atoms with van der Waals surface area (Å²) in [7, 11) is -3.52. The van der Waals surface area contributed by atoms with Gasteiger partial charge in [0.25, 0.3) is 5.91 Å². The molecule has 1 saturated heterocycles. The van der Waals surface area contributed by atoms with Crippen LogP contribution in [-0.4, -0.2) is 74.9 Å². The largest absolute Gasteiger partial charge is 0.494 e. The van der Waals surface area contributed by atoms with Crippen molar-refractivity contribution in [1.29, 1.82) is 0 Å². The van der Waals surface area contributed by atoms with E-state index >= 15 is 0 Å². The summed E-state index contributed by atoms with van der Waals surface area (Å²) in [5.41, 5.74) is 0. The Morgan fingerprint density at radius 1 is 1.11 bits per heavy atom. The highest BCUT2D eigenvalue weighted by Gasteiger charge is 2.32. The van der Waals surface area contributed by atoms with E-state index in [0.717, 1.165) is 4.90 Å². The summed E-state index contributed by atoms with van der Waals surface area (Å²) in [6.45, 7) is 13.0. The number of hydrogen-bond donors (Lipinski definition) is 1. The minimum absolute atomic E-state index is 0.128. The molecule has 0 aliphatic carbocycles. The van der Waals surface area contributed by atoms with Crippen molar-refractivity contribution >= 4 is 15.9 Å². The first kappa shape index (κ1) is 22.6. The highest BCUT2D eigenvalue weighted by molar-refractivity contribution is 7.89. The van der Waals surface area contributed by atoms with Crippen LogP contribution in [0.15, 0.2) is 29.2 Å². The Morgan fingerprint density at radius 2 is 1.64 bits per heavy atom. The van der Waals surface area contributed by atoms with Gasteiger partial charge in [0.1, 0.15) is 5.75 Å². The number of carbonyl (C=O) groups excluding carboxylic acids is 1. The van der Waals surface area contributed by atoms with Crippen molar-refractivity contribution in [2.45, 2.75) is 51.6 Å². The molecule has 28 heavy (non-hydrogen) atoms. The third-order valence-corrected chi connectivity index (χ3v) is 6.92. The van der Waals surface area contributed by atoms with Gasteiger partial charge in [-0.05, 0) is 58.9 Å². The number of ether oxygens (including phenoxy) is 1. The smallest absolute Gasteiger partial charge is 0.278 e. The van der Waals surface area contributed by atoms with Crippen molar-refractivity contribution in [1.82, 2.24) is 9.21 Å². The van der Waals surface area contributed by atoms with E-state index in [2.05, 4.69) is 0 Å². The molecule has 0 atom stereocenters. The first-order valence-electron chi connectivity index (χ1n) is 10.0. The maximum absolute atomic E-state index is 12.9. The highest BCUT2D eigenvalue weighted by Crippen LogP contribution is 2.19. The van der Waals surface area contributed by atoms with E-state index in [9.17, 15) is 13.2 Å². The quantitative estimate of drug-likeness (QED) is 0.680. The van der Waals surface area contributed by atoms with Gasteiger partial charge in [0.2, 0.25) is 10.0 Å². The topological polar surface area (TPSA) is 71.4 Å². The predicted molar refractivity (Wildman–Crippen MR) is 109 cm³/mol. The maximum atomic E-state index is 12.9. The third-order valence-electron chi connectivity index (χ3n) is 5.00. The number of piperazine rings is 1. The van der Waals surface area contributed by atoms with Gasteiger partial charge in [-0.1, -0.05) is 0 Å². The number of benzene rings is 1. The lowest BCUT2D eigenvalue weighted by Crippen LogP contribution is -3.15. The minimum atomic E-state index is -3.52. The van der Waals surface area contributed by atoms with Crippen molar-refractivity contribution in [3.8, 4) is 5.75 Å². The number of hydrogen-bond acceptors (Lipinski definition) is 4. The summed E-state index contributed by atoms with van der Waals surface area (Å²) in [4.78, 5) is 16.0. The molecule has 0 spiro atoms. The van der Waals surface area contributed by atoms with Crippen LogP contribution in [0.2, 0.25) is 0 Å². The Bertz CT molecular complexity index is 731. The van der Waals surface area contributed by atoms with Gasteiger partial charge in [0, 0.05) is 12.1 Å². The molecule has 1 aromatic carbocycles. The van der Waals surface area contributed by atoms with Gasteiger partial charge in [-0.3, -0.25) is 4.79 Å². The van der Waals surface area contributed by atoms with Gasteiger partial charge in [-0.15, -0.1) is 0 Å². The first-order valence-corrected chi connectivity index (χ1v) is 11.5. The lowest BCUT2D eigenvalue weighted by molar-refractivity contribution is -0.896. The van der Waals surface area contributed by atoms with Crippen LogP contribution in [0.3, 0.4) is 0 Å². The Kier molecular flexibility index (Phi) is 7.86. The minimum Gasteiger partial charge on any atom is -0.494 e. The summed E-state index contributed by atoms with van der Waals surface area (Å²) in [6.07, 6.45) is 0. The average Bonchev–Trinajstić information content (AvgIpc) is 2.62. The van der Waals surface area contributed by atoms with E-state index in [1.54, 1.807) is 24.3 Å². The van der Waals surface area contributed by atoms with Gasteiger partial charge in [0.05, 0.1) is 37.7 Å². The van der Waals surface area contributed by atoms with Crippen LogP contribution < -0.4 is 9.64 Å². The zero-order valence-electron chi connectivity index (χ0n) is 17.6. The van der Waals surface area contributed by atoms with E-state index in [1.807, 2.05) is 39.5 Å². The van der Waals surface area contributed by atoms with Gasteiger partial charge < -0.3 is 14.5 Å². The first-order chi connectivity index (χ1) is 13.2. The Balaban J connectivity index is 1.96. The number of nitrogens with one attached hydrogen (secondary N) is 1. The summed E-state index contributed by atoms with van der Waals surface area (Å²) >= 11 is 0. The monoisotopic (exact) mass is 412 g/mol. The summed E-state index contributed by atoms with van der Waals surface area (Å²) in [5, 5.41) is 0. The van der Waals surface area contributed by atoms with E-state index in [0.29, 0.717) is 45.1 Å². The van der Waals surface area contributed by atoms with Crippen molar-refractivity contribution in [2.75, 3.05) is 39.3 Å². The zero-order chi connectivity index (χ0) is 20.9. The second kappa shape index (κ2) is 9.71. The van der Waals surface area contributed by atoms with Crippen LogP contribution in [0.1, 0.15) is 34.6 Å².